The topological polar surface area (TPSA) is 118 Å². The fourth-order valence-corrected chi connectivity index (χ4v) is 2.17. The molecular formula is C15H16N2O6. The molecule has 122 valence electrons. The molecule has 3 N–H and O–H groups in total. The molecule has 0 spiro atoms. The Morgan fingerprint density at radius 2 is 2.00 bits per heavy atom. The predicted octanol–water partition coefficient (Wildman–Crippen LogP) is 0.456. The molecule has 1 aromatic carbocycles. The molecular weight excluding hydrogens is 304 g/mol. The Morgan fingerprint density at radius 3 is 2.57 bits per heavy atom. The summed E-state index contributed by atoms with van der Waals surface area (Å²) >= 11 is 0. The number of aromatic nitrogens is 1. The van der Waals surface area contributed by atoms with E-state index in [-0.39, 0.29) is 5.39 Å². The SMILES string of the molecule is COc1ccc2c(c1)c(O)c(C(=O)NC(C)C(=O)O)c(=O)n2C. The lowest BCUT2D eigenvalue weighted by molar-refractivity contribution is -0.138. The first kappa shape index (κ1) is 16.3. The summed E-state index contributed by atoms with van der Waals surface area (Å²) in [5, 5.41) is 21.6. The van der Waals surface area contributed by atoms with Crippen LogP contribution in [-0.2, 0) is 11.8 Å². The number of benzene rings is 1. The third-order valence-electron chi connectivity index (χ3n) is 3.52. The number of aromatic hydroxyl groups is 1. The van der Waals surface area contributed by atoms with E-state index < -0.39 is 34.8 Å². The number of methoxy groups -OCH3 is 1. The number of carbonyl (C=O) groups excluding carboxylic acids is 1. The van der Waals surface area contributed by atoms with Gasteiger partial charge in [-0.2, -0.15) is 0 Å². The molecule has 8 nitrogen and oxygen atoms in total. The smallest absolute Gasteiger partial charge is 0.325 e. The number of nitrogens with zero attached hydrogens (tertiary/aromatic N) is 1. The number of ether oxygens (including phenoxy) is 1. The summed E-state index contributed by atoms with van der Waals surface area (Å²) in [6, 6.07) is 3.49. The molecule has 1 unspecified atom stereocenters. The van der Waals surface area contributed by atoms with E-state index in [0.717, 1.165) is 0 Å². The summed E-state index contributed by atoms with van der Waals surface area (Å²) in [5.74, 6) is -2.28. The van der Waals surface area contributed by atoms with Gasteiger partial charge in [-0.25, -0.2) is 0 Å². The maximum atomic E-state index is 12.3. The number of carboxylic acids is 1. The van der Waals surface area contributed by atoms with E-state index in [1.165, 1.54) is 31.7 Å². The van der Waals surface area contributed by atoms with Crippen LogP contribution in [0.1, 0.15) is 17.3 Å². The molecule has 8 heteroatoms. The highest BCUT2D eigenvalue weighted by Gasteiger charge is 2.24. The molecule has 2 rings (SSSR count). The van der Waals surface area contributed by atoms with Crippen molar-refractivity contribution in [2.24, 2.45) is 7.05 Å². The number of aliphatic carboxylic acids is 1. The van der Waals surface area contributed by atoms with Crippen LogP contribution in [0.15, 0.2) is 23.0 Å². The van der Waals surface area contributed by atoms with Gasteiger partial charge in [-0.15, -0.1) is 0 Å². The highest BCUT2D eigenvalue weighted by atomic mass is 16.5. The third-order valence-corrected chi connectivity index (χ3v) is 3.52. The summed E-state index contributed by atoms with van der Waals surface area (Å²) in [6.07, 6.45) is 0. The number of rotatable bonds is 4. The standard InChI is InChI=1S/C15H16N2O6/c1-7(15(21)22)16-13(19)11-12(18)9-6-8(23-3)4-5-10(9)17(2)14(11)20/h4-7,18H,1-3H3,(H,16,19)(H,21,22). The van der Waals surface area contributed by atoms with Crippen LogP contribution in [0.2, 0.25) is 0 Å². The number of carboxylic acid groups (broad SMARTS) is 1. The quantitative estimate of drug-likeness (QED) is 0.753. The van der Waals surface area contributed by atoms with Gasteiger partial charge in [-0.05, 0) is 25.1 Å². The number of hydrogen-bond acceptors (Lipinski definition) is 5. The van der Waals surface area contributed by atoms with Crippen molar-refractivity contribution < 1.29 is 24.5 Å². The van der Waals surface area contributed by atoms with Gasteiger partial charge in [-0.3, -0.25) is 14.4 Å². The van der Waals surface area contributed by atoms with Crippen molar-refractivity contribution in [2.45, 2.75) is 13.0 Å². The number of fused-ring (bicyclic) bond motifs is 1. The van der Waals surface area contributed by atoms with Crippen molar-refractivity contribution in [3.05, 3.63) is 34.1 Å². The minimum Gasteiger partial charge on any atom is -0.506 e. The molecule has 0 radical (unpaired) electrons. The molecule has 1 amide bonds. The minimum absolute atomic E-state index is 0.250. The average molecular weight is 320 g/mol. The molecule has 0 bridgehead atoms. The summed E-state index contributed by atoms with van der Waals surface area (Å²) in [4.78, 5) is 35.3. The van der Waals surface area contributed by atoms with Gasteiger partial charge >= 0.3 is 5.97 Å². The molecule has 23 heavy (non-hydrogen) atoms. The molecule has 1 atom stereocenters. The fraction of sp³-hybridized carbons (Fsp3) is 0.267. The van der Waals surface area contributed by atoms with Gasteiger partial charge < -0.3 is 24.8 Å². The number of aryl methyl sites for hydroxylation is 1. The van der Waals surface area contributed by atoms with E-state index in [2.05, 4.69) is 5.32 Å². The second-order valence-electron chi connectivity index (χ2n) is 5.00. The lowest BCUT2D eigenvalue weighted by atomic mass is 10.1. The van der Waals surface area contributed by atoms with Crippen LogP contribution in [-0.4, -0.2) is 39.8 Å². The summed E-state index contributed by atoms with van der Waals surface area (Å²) in [7, 11) is 2.90. The molecule has 1 aromatic heterocycles. The maximum Gasteiger partial charge on any atom is 0.325 e. The zero-order valence-electron chi connectivity index (χ0n) is 12.8. The maximum absolute atomic E-state index is 12.3. The predicted molar refractivity (Wildman–Crippen MR) is 82.0 cm³/mol. The Morgan fingerprint density at radius 1 is 1.35 bits per heavy atom. The van der Waals surface area contributed by atoms with Crippen molar-refractivity contribution in [1.29, 1.82) is 0 Å². The average Bonchev–Trinajstić information content (AvgIpc) is 2.52. The summed E-state index contributed by atoms with van der Waals surface area (Å²) in [5.41, 5.74) is -0.826. The van der Waals surface area contributed by atoms with Crippen LogP contribution < -0.4 is 15.6 Å². The Balaban J connectivity index is 2.66. The Labute approximate surface area is 130 Å². The zero-order valence-corrected chi connectivity index (χ0v) is 12.8. The molecule has 0 aliphatic carbocycles. The van der Waals surface area contributed by atoms with E-state index in [1.54, 1.807) is 12.1 Å². The first-order valence-corrected chi connectivity index (χ1v) is 6.71. The van der Waals surface area contributed by atoms with Crippen LogP contribution in [0.25, 0.3) is 10.9 Å². The van der Waals surface area contributed by atoms with Gasteiger partial charge in [0.15, 0.2) is 0 Å². The van der Waals surface area contributed by atoms with Crippen LogP contribution in [0.4, 0.5) is 0 Å². The molecule has 0 fully saturated rings. The number of hydrogen-bond donors (Lipinski definition) is 3. The van der Waals surface area contributed by atoms with Gasteiger partial charge in [-0.1, -0.05) is 0 Å². The fourth-order valence-electron chi connectivity index (χ4n) is 2.17. The van der Waals surface area contributed by atoms with Gasteiger partial charge in [0.05, 0.1) is 12.6 Å². The first-order valence-electron chi connectivity index (χ1n) is 6.71. The van der Waals surface area contributed by atoms with Crippen molar-refractivity contribution in [2.75, 3.05) is 7.11 Å². The molecule has 0 aliphatic heterocycles. The van der Waals surface area contributed by atoms with Gasteiger partial charge in [0.25, 0.3) is 11.5 Å². The molecule has 0 saturated carbocycles. The lowest BCUT2D eigenvalue weighted by Crippen LogP contribution is -2.41. The summed E-state index contributed by atoms with van der Waals surface area (Å²) < 4.78 is 6.27. The van der Waals surface area contributed by atoms with Gasteiger partial charge in [0, 0.05) is 12.4 Å². The second kappa shape index (κ2) is 5.99. The van der Waals surface area contributed by atoms with Crippen molar-refractivity contribution in [3.63, 3.8) is 0 Å². The van der Waals surface area contributed by atoms with Gasteiger partial charge in [0.2, 0.25) is 0 Å². The minimum atomic E-state index is -1.25. The summed E-state index contributed by atoms with van der Waals surface area (Å²) in [6.45, 7) is 1.26. The Bertz CT molecular complexity index is 855. The number of pyridine rings is 1. The van der Waals surface area contributed by atoms with Crippen LogP contribution in [0.5, 0.6) is 11.5 Å². The van der Waals surface area contributed by atoms with E-state index in [4.69, 9.17) is 9.84 Å². The monoisotopic (exact) mass is 320 g/mol. The zero-order chi connectivity index (χ0) is 17.3. The largest absolute Gasteiger partial charge is 0.506 e. The molecule has 0 aliphatic rings. The Hall–Kier alpha value is -3.03. The number of carbonyl (C=O) groups is 2. The van der Waals surface area contributed by atoms with Crippen molar-refractivity contribution in [3.8, 4) is 11.5 Å². The van der Waals surface area contributed by atoms with E-state index >= 15 is 0 Å². The third kappa shape index (κ3) is 2.83. The van der Waals surface area contributed by atoms with Gasteiger partial charge in [0.1, 0.15) is 23.1 Å². The van der Waals surface area contributed by atoms with Crippen LogP contribution >= 0.6 is 0 Å². The molecule has 1 heterocycles. The highest BCUT2D eigenvalue weighted by molar-refractivity contribution is 6.03. The van der Waals surface area contributed by atoms with Crippen LogP contribution in [0.3, 0.4) is 0 Å². The van der Waals surface area contributed by atoms with Crippen molar-refractivity contribution in [1.82, 2.24) is 9.88 Å². The number of amides is 1. The first-order chi connectivity index (χ1) is 10.8. The lowest BCUT2D eigenvalue weighted by Gasteiger charge is -2.14. The van der Waals surface area contributed by atoms with E-state index in [0.29, 0.717) is 11.3 Å². The van der Waals surface area contributed by atoms with E-state index in [1.807, 2.05) is 0 Å². The molecule has 0 saturated heterocycles. The van der Waals surface area contributed by atoms with Crippen LogP contribution in [0, 0.1) is 0 Å². The van der Waals surface area contributed by atoms with Crippen molar-refractivity contribution >= 4 is 22.8 Å². The Kier molecular flexibility index (Phi) is 4.26. The highest BCUT2D eigenvalue weighted by Crippen LogP contribution is 2.29. The second-order valence-corrected chi connectivity index (χ2v) is 5.00. The molecule has 2 aromatic rings. The number of nitrogens with one attached hydrogen (secondary N) is 1. The van der Waals surface area contributed by atoms with E-state index in [9.17, 15) is 19.5 Å². The normalized spacial score (nSPS) is 12.0.